The molecular formula is C25H45NO2. The van der Waals surface area contributed by atoms with Crippen molar-refractivity contribution in [3.8, 4) is 0 Å². The minimum atomic E-state index is 0.0492. The molecule has 1 aromatic heterocycles. The molecule has 0 spiro atoms. The molecule has 1 rings (SSSR count). The number of rotatable bonds is 19. The molecule has 3 heteroatoms. The lowest BCUT2D eigenvalue weighted by Crippen LogP contribution is -2.32. The zero-order chi connectivity index (χ0) is 20.3. The maximum absolute atomic E-state index is 12.5. The Labute approximate surface area is 174 Å². The first-order valence-corrected chi connectivity index (χ1v) is 12.1. The van der Waals surface area contributed by atoms with Crippen molar-refractivity contribution in [3.63, 3.8) is 0 Å². The largest absolute Gasteiger partial charge is 0.459 e. The van der Waals surface area contributed by atoms with Gasteiger partial charge in [-0.15, -0.1) is 0 Å². The van der Waals surface area contributed by atoms with Gasteiger partial charge in [-0.1, -0.05) is 104 Å². The van der Waals surface area contributed by atoms with Gasteiger partial charge in [0.1, 0.15) is 0 Å². The second-order valence-corrected chi connectivity index (χ2v) is 8.22. The third-order valence-corrected chi connectivity index (χ3v) is 5.58. The molecule has 0 saturated heterocycles. The average molecular weight is 392 g/mol. The van der Waals surface area contributed by atoms with E-state index in [1.807, 2.05) is 4.90 Å². The summed E-state index contributed by atoms with van der Waals surface area (Å²) in [5.74, 6) is 0.523. The first-order valence-electron chi connectivity index (χ1n) is 12.1. The predicted molar refractivity (Wildman–Crippen MR) is 120 cm³/mol. The molecule has 0 aromatic carbocycles. The summed E-state index contributed by atoms with van der Waals surface area (Å²) in [4.78, 5) is 14.5. The molecule has 0 atom stereocenters. The summed E-state index contributed by atoms with van der Waals surface area (Å²) in [5.41, 5.74) is 0. The topological polar surface area (TPSA) is 33.5 Å². The lowest BCUT2D eigenvalue weighted by molar-refractivity contribution is 0.0718. The van der Waals surface area contributed by atoms with Crippen LogP contribution in [0.5, 0.6) is 0 Å². The van der Waals surface area contributed by atoms with Gasteiger partial charge in [-0.3, -0.25) is 4.79 Å². The molecule has 0 aliphatic rings. The zero-order valence-electron chi connectivity index (χ0n) is 18.7. The molecule has 0 fully saturated rings. The van der Waals surface area contributed by atoms with Gasteiger partial charge in [-0.2, -0.15) is 0 Å². The molecule has 162 valence electrons. The van der Waals surface area contributed by atoms with Crippen molar-refractivity contribution in [2.45, 2.75) is 117 Å². The van der Waals surface area contributed by atoms with Gasteiger partial charge in [-0.25, -0.2) is 0 Å². The van der Waals surface area contributed by atoms with E-state index < -0.39 is 0 Å². The molecule has 1 aromatic rings. The maximum atomic E-state index is 12.5. The molecule has 1 amide bonds. The van der Waals surface area contributed by atoms with Gasteiger partial charge in [0.25, 0.3) is 5.91 Å². The monoisotopic (exact) mass is 391 g/mol. The summed E-state index contributed by atoms with van der Waals surface area (Å²) in [5, 5.41) is 0. The Morgan fingerprint density at radius 1 is 0.714 bits per heavy atom. The molecule has 0 saturated carbocycles. The van der Waals surface area contributed by atoms with E-state index in [2.05, 4.69) is 13.8 Å². The summed E-state index contributed by atoms with van der Waals surface area (Å²) in [6.07, 6.45) is 22.8. The van der Waals surface area contributed by atoms with Crippen LogP contribution in [0.3, 0.4) is 0 Å². The quantitative estimate of drug-likeness (QED) is 0.224. The Hall–Kier alpha value is -1.25. The van der Waals surface area contributed by atoms with E-state index in [1.165, 1.54) is 83.5 Å². The SMILES string of the molecule is CCCCCCCCCCCCCCCCN(CCCC)C(=O)c1ccco1. The average Bonchev–Trinajstić information content (AvgIpc) is 3.25. The van der Waals surface area contributed by atoms with Crippen molar-refractivity contribution in [3.05, 3.63) is 24.2 Å². The number of unbranched alkanes of at least 4 members (excludes halogenated alkanes) is 14. The Morgan fingerprint density at radius 3 is 1.64 bits per heavy atom. The number of hydrogen-bond acceptors (Lipinski definition) is 2. The van der Waals surface area contributed by atoms with Crippen LogP contribution in [0.25, 0.3) is 0 Å². The standard InChI is InChI=1S/C25H45NO2/c1-3-5-7-8-9-10-11-12-13-14-15-16-17-18-22-26(21-6-4-2)25(27)24-20-19-23-28-24/h19-20,23H,3-18,21-22H2,1-2H3. The van der Waals surface area contributed by atoms with Gasteiger partial charge in [0, 0.05) is 13.1 Å². The highest BCUT2D eigenvalue weighted by Gasteiger charge is 2.17. The van der Waals surface area contributed by atoms with Gasteiger partial charge in [0.05, 0.1) is 6.26 Å². The molecule has 28 heavy (non-hydrogen) atoms. The molecule has 0 unspecified atom stereocenters. The van der Waals surface area contributed by atoms with Gasteiger partial charge >= 0.3 is 0 Å². The highest BCUT2D eigenvalue weighted by molar-refractivity contribution is 5.91. The third-order valence-electron chi connectivity index (χ3n) is 5.58. The van der Waals surface area contributed by atoms with E-state index in [-0.39, 0.29) is 5.91 Å². The second kappa shape index (κ2) is 17.8. The molecule has 0 bridgehead atoms. The van der Waals surface area contributed by atoms with Gasteiger partial charge in [-0.05, 0) is 25.0 Å². The van der Waals surface area contributed by atoms with Crippen LogP contribution in [0.2, 0.25) is 0 Å². The van der Waals surface area contributed by atoms with E-state index in [1.54, 1.807) is 18.4 Å². The fourth-order valence-corrected chi connectivity index (χ4v) is 3.72. The van der Waals surface area contributed by atoms with Crippen molar-refractivity contribution < 1.29 is 9.21 Å². The van der Waals surface area contributed by atoms with Gasteiger partial charge < -0.3 is 9.32 Å². The zero-order valence-corrected chi connectivity index (χ0v) is 18.7. The first-order chi connectivity index (χ1) is 13.8. The Bertz CT molecular complexity index is 455. The number of carbonyl (C=O) groups is 1. The molecule has 0 N–H and O–H groups in total. The van der Waals surface area contributed by atoms with Crippen LogP contribution in [-0.2, 0) is 0 Å². The lowest BCUT2D eigenvalue weighted by Gasteiger charge is -2.21. The maximum Gasteiger partial charge on any atom is 0.289 e. The van der Waals surface area contributed by atoms with Crippen LogP contribution < -0.4 is 0 Å². The second-order valence-electron chi connectivity index (χ2n) is 8.22. The number of carbonyl (C=O) groups excluding carboxylic acids is 1. The van der Waals surface area contributed by atoms with Crippen LogP contribution in [-0.4, -0.2) is 23.9 Å². The van der Waals surface area contributed by atoms with Gasteiger partial charge in [0.2, 0.25) is 0 Å². The highest BCUT2D eigenvalue weighted by Crippen LogP contribution is 2.14. The summed E-state index contributed by atoms with van der Waals surface area (Å²) in [6, 6.07) is 3.56. The van der Waals surface area contributed by atoms with Crippen LogP contribution >= 0.6 is 0 Å². The van der Waals surface area contributed by atoms with Crippen LogP contribution in [0.4, 0.5) is 0 Å². The summed E-state index contributed by atoms with van der Waals surface area (Å²) < 4.78 is 5.29. The smallest absolute Gasteiger partial charge is 0.289 e. The highest BCUT2D eigenvalue weighted by atomic mass is 16.3. The van der Waals surface area contributed by atoms with E-state index >= 15 is 0 Å². The van der Waals surface area contributed by atoms with Crippen LogP contribution in [0, 0.1) is 0 Å². The van der Waals surface area contributed by atoms with E-state index in [0.717, 1.165) is 32.4 Å². The fraction of sp³-hybridized carbons (Fsp3) is 0.800. The molecule has 0 aliphatic carbocycles. The molecule has 0 aliphatic heterocycles. The van der Waals surface area contributed by atoms with E-state index in [4.69, 9.17) is 4.42 Å². The molecule has 3 nitrogen and oxygen atoms in total. The minimum Gasteiger partial charge on any atom is -0.459 e. The molecule has 1 heterocycles. The Balaban J connectivity index is 1.98. The Morgan fingerprint density at radius 2 is 1.18 bits per heavy atom. The van der Waals surface area contributed by atoms with Crippen molar-refractivity contribution >= 4 is 5.91 Å². The normalized spacial score (nSPS) is 11.1. The summed E-state index contributed by atoms with van der Waals surface area (Å²) in [6.45, 7) is 6.15. The number of hydrogen-bond donors (Lipinski definition) is 0. The van der Waals surface area contributed by atoms with E-state index in [0.29, 0.717) is 5.76 Å². The summed E-state index contributed by atoms with van der Waals surface area (Å²) >= 11 is 0. The first kappa shape index (κ1) is 24.8. The van der Waals surface area contributed by atoms with Gasteiger partial charge in [0.15, 0.2) is 5.76 Å². The number of nitrogens with zero attached hydrogens (tertiary/aromatic N) is 1. The molecular weight excluding hydrogens is 346 g/mol. The third kappa shape index (κ3) is 12.3. The van der Waals surface area contributed by atoms with Crippen molar-refractivity contribution in [1.29, 1.82) is 0 Å². The van der Waals surface area contributed by atoms with Crippen molar-refractivity contribution in [2.24, 2.45) is 0 Å². The van der Waals surface area contributed by atoms with Crippen molar-refractivity contribution in [2.75, 3.05) is 13.1 Å². The Kier molecular flexibility index (Phi) is 15.8. The van der Waals surface area contributed by atoms with E-state index in [9.17, 15) is 4.79 Å². The summed E-state index contributed by atoms with van der Waals surface area (Å²) in [7, 11) is 0. The lowest BCUT2D eigenvalue weighted by atomic mass is 10.0. The molecule has 0 radical (unpaired) electrons. The number of amides is 1. The predicted octanol–water partition coefficient (Wildman–Crippen LogP) is 8.00. The van der Waals surface area contributed by atoms with Crippen LogP contribution in [0.1, 0.15) is 127 Å². The number of furan rings is 1. The van der Waals surface area contributed by atoms with Crippen LogP contribution in [0.15, 0.2) is 22.8 Å². The fourth-order valence-electron chi connectivity index (χ4n) is 3.72. The minimum absolute atomic E-state index is 0.0492. The van der Waals surface area contributed by atoms with Crippen molar-refractivity contribution in [1.82, 2.24) is 4.90 Å².